The number of morpholine rings is 1. The van der Waals surface area contributed by atoms with Gasteiger partial charge in [-0.2, -0.15) is 23.1 Å². The number of para-hydroxylation sites is 2. The Kier molecular flexibility index (Phi) is 18.1. The number of hydrogen-bond donors (Lipinski definition) is 2. The van der Waals surface area contributed by atoms with Gasteiger partial charge in [-0.05, 0) is 123 Å². The predicted molar refractivity (Wildman–Crippen MR) is 345 cm³/mol. The molecule has 0 atom stereocenters. The number of anilines is 11. The molecule has 0 spiro atoms. The fourth-order valence-electron chi connectivity index (χ4n) is 12.0. The summed E-state index contributed by atoms with van der Waals surface area (Å²) in [5.41, 5.74) is 7.74. The number of hydrogen-bond acceptors (Lipinski definition) is 16. The fraction of sp³-hybridized carbons (Fsp3) is 0.324. The van der Waals surface area contributed by atoms with Crippen molar-refractivity contribution in [3.63, 3.8) is 0 Å². The van der Waals surface area contributed by atoms with E-state index in [0.29, 0.717) is 101 Å². The summed E-state index contributed by atoms with van der Waals surface area (Å²) in [5, 5.41) is 6.40. The van der Waals surface area contributed by atoms with E-state index in [1.807, 2.05) is 80.4 Å². The highest BCUT2D eigenvalue weighted by Gasteiger charge is 2.40. The minimum atomic E-state index is -4.62. The molecule has 0 aliphatic carbocycles. The van der Waals surface area contributed by atoms with E-state index in [1.165, 1.54) is 17.6 Å². The lowest BCUT2D eigenvalue weighted by Gasteiger charge is -2.38. The molecule has 0 saturated carbocycles. The lowest BCUT2D eigenvalue weighted by atomic mass is 10.0. The maximum Gasteiger partial charge on any atom is 0.416 e. The minimum absolute atomic E-state index is 0.0130. The SMILES string of the molecule is COc1ccc(N2C(=O)N(c3c(C)cccc3CCOc3ccc(N4C(=O)N(c5ccccc5C)Cc5cnc(Nc6cc(N7CCN(C)CC7)cc(C(F)(F)F)c6)nc54)c(OC)c3)Cc3cnc(Nc4ccc(CCCN5CCOCC5)cc4)nc32)c(OC)c1. The van der Waals surface area contributed by atoms with Crippen molar-refractivity contribution in [3.05, 3.63) is 173 Å². The smallest absolute Gasteiger partial charge is 0.416 e. The Labute approximate surface area is 526 Å². The largest absolute Gasteiger partial charge is 0.497 e. The van der Waals surface area contributed by atoms with Gasteiger partial charge in [0.25, 0.3) is 0 Å². The first-order chi connectivity index (χ1) is 44.1. The number of alkyl halides is 3. The summed E-state index contributed by atoms with van der Waals surface area (Å²) in [6, 6.07) is 35.1. The van der Waals surface area contributed by atoms with Gasteiger partial charge in [0.1, 0.15) is 23.0 Å². The van der Waals surface area contributed by atoms with E-state index in [4.69, 9.17) is 38.6 Å². The molecule has 0 unspecified atom stereocenters. The Balaban J connectivity index is 0.801. The number of fused-ring (bicyclic) bond motifs is 2. The number of rotatable bonds is 20. The van der Waals surface area contributed by atoms with Crippen LogP contribution in [0.1, 0.15) is 45.4 Å². The van der Waals surface area contributed by atoms with Crippen molar-refractivity contribution in [2.24, 2.45) is 0 Å². The maximum absolute atomic E-state index is 15.4. The lowest BCUT2D eigenvalue weighted by molar-refractivity contribution is -0.137. The van der Waals surface area contributed by atoms with Crippen molar-refractivity contribution in [3.8, 4) is 23.0 Å². The molecule has 6 aromatic carbocycles. The molecule has 20 nitrogen and oxygen atoms in total. The summed E-state index contributed by atoms with van der Waals surface area (Å²) in [4.78, 5) is 62.6. The number of carbonyl (C=O) groups excluding carboxylic acids is 2. The number of halogens is 3. The van der Waals surface area contributed by atoms with Crippen LogP contribution < -0.4 is 54.1 Å². The van der Waals surface area contributed by atoms with Crippen molar-refractivity contribution in [2.45, 2.75) is 52.4 Å². The van der Waals surface area contributed by atoms with Gasteiger partial charge in [-0.15, -0.1) is 0 Å². The highest BCUT2D eigenvalue weighted by molar-refractivity contribution is 6.12. The van der Waals surface area contributed by atoms with E-state index in [0.717, 1.165) is 80.2 Å². The predicted octanol–water partition coefficient (Wildman–Crippen LogP) is 12.6. The number of ether oxygens (including phenoxy) is 5. The Morgan fingerprint density at radius 1 is 0.604 bits per heavy atom. The number of aryl methyl sites for hydroxylation is 3. The zero-order chi connectivity index (χ0) is 63.3. The van der Waals surface area contributed by atoms with Gasteiger partial charge in [-0.25, -0.2) is 29.4 Å². The number of piperazine rings is 1. The Morgan fingerprint density at radius 2 is 1.22 bits per heavy atom. The van der Waals surface area contributed by atoms with Crippen LogP contribution in [0.3, 0.4) is 0 Å². The zero-order valence-electron chi connectivity index (χ0n) is 51.7. The third-order valence-electron chi connectivity index (χ3n) is 16.9. The van der Waals surface area contributed by atoms with E-state index in [9.17, 15) is 13.2 Å². The second-order valence-corrected chi connectivity index (χ2v) is 22.9. The van der Waals surface area contributed by atoms with Crippen LogP contribution in [0.5, 0.6) is 23.0 Å². The van der Waals surface area contributed by atoms with Gasteiger partial charge in [0.15, 0.2) is 11.6 Å². The third-order valence-corrected chi connectivity index (χ3v) is 16.9. The highest BCUT2D eigenvalue weighted by atomic mass is 19.4. The van der Waals surface area contributed by atoms with Gasteiger partial charge in [-0.1, -0.05) is 48.5 Å². The summed E-state index contributed by atoms with van der Waals surface area (Å²) in [7, 11) is 6.58. The quantitative estimate of drug-likeness (QED) is 0.0735. The van der Waals surface area contributed by atoms with Crippen LogP contribution in [-0.4, -0.2) is 136 Å². The van der Waals surface area contributed by atoms with Crippen LogP contribution in [0.2, 0.25) is 0 Å². The molecule has 23 heteroatoms. The van der Waals surface area contributed by atoms with Gasteiger partial charge in [-0.3, -0.25) is 14.7 Å². The molecule has 4 aliphatic heterocycles. The molecule has 2 saturated heterocycles. The number of nitrogens with one attached hydrogen (secondary N) is 2. The Hall–Kier alpha value is -9.71. The molecule has 4 aliphatic rings. The van der Waals surface area contributed by atoms with Gasteiger partial charge < -0.3 is 44.1 Å². The minimum Gasteiger partial charge on any atom is -0.497 e. The van der Waals surface area contributed by atoms with Crippen LogP contribution in [0, 0.1) is 13.8 Å². The topological polar surface area (TPSA) is 179 Å². The number of nitrogens with zero attached hydrogens (tertiary/aromatic N) is 11. The van der Waals surface area contributed by atoms with Gasteiger partial charge in [0.2, 0.25) is 11.9 Å². The van der Waals surface area contributed by atoms with Crippen LogP contribution in [0.15, 0.2) is 134 Å². The Morgan fingerprint density at radius 3 is 1.87 bits per heavy atom. The fourth-order valence-corrected chi connectivity index (χ4v) is 12.0. The molecule has 472 valence electrons. The molecule has 4 amide bonds. The average Bonchev–Trinajstić information content (AvgIpc) is 0.826. The van der Waals surface area contributed by atoms with Gasteiger partial charge >= 0.3 is 18.2 Å². The van der Waals surface area contributed by atoms with Gasteiger partial charge in [0.05, 0.1) is 76.9 Å². The second-order valence-electron chi connectivity index (χ2n) is 22.9. The molecule has 0 radical (unpaired) electrons. The summed E-state index contributed by atoms with van der Waals surface area (Å²) in [6.45, 7) is 11.4. The first kappa shape index (κ1) is 61.5. The number of urea groups is 2. The summed E-state index contributed by atoms with van der Waals surface area (Å²) < 4.78 is 72.9. The van der Waals surface area contributed by atoms with E-state index < -0.39 is 17.8 Å². The molecule has 2 fully saturated rings. The monoisotopic (exact) mass is 1240 g/mol. The van der Waals surface area contributed by atoms with Crippen molar-refractivity contribution in [1.82, 2.24) is 29.7 Å². The molecule has 0 bridgehead atoms. The number of methoxy groups -OCH3 is 3. The van der Waals surface area contributed by atoms with Crippen molar-refractivity contribution < 1.29 is 46.4 Å². The Bertz CT molecular complexity index is 3960. The van der Waals surface area contributed by atoms with Crippen LogP contribution in [0.4, 0.5) is 86.1 Å². The van der Waals surface area contributed by atoms with E-state index in [-0.39, 0.29) is 48.9 Å². The molecule has 2 N–H and O–H groups in total. The van der Waals surface area contributed by atoms with Crippen LogP contribution in [-0.2, 0) is 36.8 Å². The summed E-state index contributed by atoms with van der Waals surface area (Å²) in [5.74, 6) is 2.56. The van der Waals surface area contributed by atoms with E-state index in [1.54, 1.807) is 83.8 Å². The molecular weight excluding hydrogens is 1170 g/mol. The standard InChI is InChI=1S/C68H72F3N13O7/c1-44-11-7-8-15-56(44)81-42-48-40-73-65(75-52-35-50(68(69,70)71)36-53(37-52)80-28-26-78(3)27-29-80)77-62(48)83(66(81)85)58-23-21-55(39-60(58)89-6)91-32-24-47-14-9-12-45(2)61(47)82-43-49-41-72-64(74-51-18-16-46(17-19-51)13-10-25-79-30-33-90-34-31-79)76-63(49)84(67(82)86)57-22-20-54(87-4)38-59(57)88-5/h7-9,11-12,14-23,35-41H,10,13,24-34,42-43H2,1-6H3,(H,72,74,76)(H,73,75,77). The number of amides is 4. The van der Waals surface area contributed by atoms with Crippen LogP contribution in [0.25, 0.3) is 0 Å². The molecule has 6 heterocycles. The van der Waals surface area contributed by atoms with Crippen molar-refractivity contribution >= 4 is 75.4 Å². The molecular formula is C68H72F3N13O7. The third kappa shape index (κ3) is 13.4. The normalized spacial score (nSPS) is 15.5. The number of likely N-dealkylation sites (N-methyl/N-ethyl adjacent to an activating group) is 1. The van der Waals surface area contributed by atoms with Gasteiger partial charge in [0, 0.05) is 104 Å². The summed E-state index contributed by atoms with van der Waals surface area (Å²) in [6.07, 6.45) is 1.08. The van der Waals surface area contributed by atoms with Crippen LogP contribution >= 0.6 is 0 Å². The number of carbonyl (C=O) groups is 2. The van der Waals surface area contributed by atoms with Crippen molar-refractivity contribution in [2.75, 3.05) is 129 Å². The zero-order valence-corrected chi connectivity index (χ0v) is 51.7. The number of aromatic nitrogens is 4. The second kappa shape index (κ2) is 26.8. The lowest BCUT2D eigenvalue weighted by Crippen LogP contribution is -2.46. The molecule has 12 rings (SSSR count). The molecule has 8 aromatic rings. The van der Waals surface area contributed by atoms with E-state index >= 15 is 9.59 Å². The average molecular weight is 1240 g/mol. The first-order valence-electron chi connectivity index (χ1n) is 30.3. The maximum atomic E-state index is 15.4. The van der Waals surface area contributed by atoms with E-state index in [2.05, 4.69) is 37.6 Å². The summed E-state index contributed by atoms with van der Waals surface area (Å²) >= 11 is 0. The number of benzene rings is 6. The molecule has 91 heavy (non-hydrogen) atoms. The van der Waals surface area contributed by atoms with Crippen molar-refractivity contribution in [1.29, 1.82) is 0 Å². The first-order valence-corrected chi connectivity index (χ1v) is 30.3. The molecule has 2 aromatic heterocycles. The highest BCUT2D eigenvalue weighted by Crippen LogP contribution is 2.46.